The molecule has 1 amide bonds. The first-order chi connectivity index (χ1) is 11.6. The van der Waals surface area contributed by atoms with Crippen LogP contribution in [0.4, 0.5) is 4.79 Å². The molecule has 1 aromatic carbocycles. The zero-order valence-electron chi connectivity index (χ0n) is 13.4. The first kappa shape index (κ1) is 15.0. The average molecular weight is 324 g/mol. The summed E-state index contributed by atoms with van der Waals surface area (Å²) in [4.78, 5) is 12.1. The fraction of sp³-hybridized carbons (Fsp3) is 0.368. The Labute approximate surface area is 141 Å². The van der Waals surface area contributed by atoms with E-state index < -0.39 is 6.09 Å². The lowest BCUT2D eigenvalue weighted by molar-refractivity contribution is -0.688. The lowest BCUT2D eigenvalue weighted by Crippen LogP contribution is -2.67. The molecule has 0 radical (unpaired) electrons. The molecule has 1 aromatic heterocycles. The molecule has 1 aliphatic carbocycles. The van der Waals surface area contributed by atoms with Crippen molar-refractivity contribution in [2.24, 2.45) is 5.41 Å². The monoisotopic (exact) mass is 324 g/mol. The van der Waals surface area contributed by atoms with Crippen LogP contribution in [0.1, 0.15) is 18.4 Å². The number of carbonyl (C=O) groups excluding carboxylic acids is 1. The Hall–Kier alpha value is -2.56. The highest BCUT2D eigenvalue weighted by atomic mass is 16.5. The van der Waals surface area contributed by atoms with Crippen molar-refractivity contribution in [1.29, 1.82) is 0 Å². The van der Waals surface area contributed by atoms with E-state index in [0.29, 0.717) is 13.1 Å². The van der Waals surface area contributed by atoms with E-state index in [-0.39, 0.29) is 11.5 Å². The minimum absolute atomic E-state index is 0.146. The highest BCUT2D eigenvalue weighted by molar-refractivity contribution is 5.64. The number of aromatic nitrogens is 1. The van der Waals surface area contributed by atoms with E-state index in [0.717, 1.165) is 25.1 Å². The van der Waals surface area contributed by atoms with Gasteiger partial charge in [0.2, 0.25) is 0 Å². The minimum Gasteiger partial charge on any atom is -0.530 e. The van der Waals surface area contributed by atoms with Crippen molar-refractivity contribution in [3.05, 3.63) is 60.4 Å². The smallest absolute Gasteiger partial charge is 0.173 e. The van der Waals surface area contributed by atoms with Gasteiger partial charge < -0.3 is 19.5 Å². The molecule has 2 aliphatic rings. The molecule has 2 fully saturated rings. The Balaban J connectivity index is 1.27. The Bertz CT molecular complexity index is 716. The summed E-state index contributed by atoms with van der Waals surface area (Å²) < 4.78 is 8.11. The molecular formula is C19H20N2O3. The summed E-state index contributed by atoms with van der Waals surface area (Å²) in [5, 5.41) is 10.7. The van der Waals surface area contributed by atoms with Crippen LogP contribution in [-0.2, 0) is 6.54 Å². The number of rotatable bonds is 4. The van der Waals surface area contributed by atoms with E-state index in [2.05, 4.69) is 16.7 Å². The number of carboxylic acid groups (broad SMARTS) is 1. The van der Waals surface area contributed by atoms with Gasteiger partial charge in [-0.3, -0.25) is 0 Å². The number of likely N-dealkylation sites (tertiary alicyclic amines) is 1. The molecule has 0 unspecified atom stereocenters. The van der Waals surface area contributed by atoms with Crippen molar-refractivity contribution >= 4 is 6.09 Å². The Morgan fingerprint density at radius 3 is 2.46 bits per heavy atom. The van der Waals surface area contributed by atoms with E-state index in [1.807, 2.05) is 42.7 Å². The third-order valence-corrected chi connectivity index (χ3v) is 5.00. The maximum absolute atomic E-state index is 10.7. The molecule has 124 valence electrons. The highest BCUT2D eigenvalue weighted by Gasteiger charge is 2.53. The standard InChI is InChI=1S/C19H20N2O3/c22-18(23)21-13-19(14-21)10-17(11-19)24-16-6-8-20(9-7-16)12-15-4-2-1-3-5-15/h1-9,17H,10-14H2. The first-order valence-corrected chi connectivity index (χ1v) is 8.28. The summed E-state index contributed by atoms with van der Waals surface area (Å²) in [6, 6.07) is 14.3. The second kappa shape index (κ2) is 5.82. The molecule has 1 aliphatic heterocycles. The molecule has 2 heterocycles. The summed E-state index contributed by atoms with van der Waals surface area (Å²) >= 11 is 0. The second-order valence-corrected chi connectivity index (χ2v) is 6.96. The molecular weight excluding hydrogens is 304 g/mol. The maximum Gasteiger partial charge on any atom is 0.173 e. The van der Waals surface area contributed by atoms with Crippen LogP contribution in [0.3, 0.4) is 0 Å². The van der Waals surface area contributed by atoms with Crippen LogP contribution < -0.4 is 14.4 Å². The lowest BCUT2D eigenvalue weighted by Gasteiger charge is -2.59. The number of benzene rings is 1. The summed E-state index contributed by atoms with van der Waals surface area (Å²) in [6.45, 7) is 2.04. The van der Waals surface area contributed by atoms with Crippen LogP contribution in [0, 0.1) is 5.41 Å². The van der Waals surface area contributed by atoms with E-state index in [1.54, 1.807) is 0 Å². The van der Waals surface area contributed by atoms with Crippen LogP contribution in [0.25, 0.3) is 0 Å². The average Bonchev–Trinajstić information content (AvgIpc) is 2.50. The number of hydrogen-bond donors (Lipinski definition) is 0. The molecule has 1 spiro atoms. The predicted octanol–water partition coefficient (Wildman–Crippen LogP) is 1.21. The third kappa shape index (κ3) is 2.94. The molecule has 5 heteroatoms. The number of carbonyl (C=O) groups is 1. The number of hydrogen-bond acceptors (Lipinski definition) is 3. The zero-order valence-corrected chi connectivity index (χ0v) is 13.4. The van der Waals surface area contributed by atoms with Crippen molar-refractivity contribution in [1.82, 2.24) is 4.90 Å². The van der Waals surface area contributed by atoms with Gasteiger partial charge in [0.05, 0.1) is 0 Å². The summed E-state index contributed by atoms with van der Waals surface area (Å²) in [6.07, 6.45) is 5.04. The van der Waals surface area contributed by atoms with Crippen LogP contribution in [0.2, 0.25) is 0 Å². The van der Waals surface area contributed by atoms with Gasteiger partial charge in [-0.1, -0.05) is 30.3 Å². The van der Waals surface area contributed by atoms with Gasteiger partial charge in [-0.2, -0.15) is 0 Å². The zero-order chi connectivity index (χ0) is 16.6. The molecule has 1 saturated carbocycles. The van der Waals surface area contributed by atoms with Gasteiger partial charge in [0.1, 0.15) is 17.9 Å². The Morgan fingerprint density at radius 1 is 1.17 bits per heavy atom. The molecule has 24 heavy (non-hydrogen) atoms. The summed E-state index contributed by atoms with van der Waals surface area (Å²) in [7, 11) is 0. The maximum atomic E-state index is 10.7. The van der Waals surface area contributed by atoms with Crippen LogP contribution in [-0.4, -0.2) is 30.2 Å². The number of amides is 1. The van der Waals surface area contributed by atoms with Crippen molar-refractivity contribution in [2.45, 2.75) is 25.5 Å². The van der Waals surface area contributed by atoms with Gasteiger partial charge in [-0.15, -0.1) is 0 Å². The van der Waals surface area contributed by atoms with E-state index in [4.69, 9.17) is 4.74 Å². The van der Waals surface area contributed by atoms with Crippen LogP contribution in [0.15, 0.2) is 54.9 Å². The van der Waals surface area contributed by atoms with Crippen LogP contribution >= 0.6 is 0 Å². The van der Waals surface area contributed by atoms with Crippen LogP contribution in [0.5, 0.6) is 5.75 Å². The molecule has 1 saturated heterocycles. The number of ether oxygens (including phenoxy) is 1. The Morgan fingerprint density at radius 2 is 1.83 bits per heavy atom. The summed E-state index contributed by atoms with van der Waals surface area (Å²) in [5.41, 5.74) is 1.41. The largest absolute Gasteiger partial charge is 0.530 e. The van der Waals surface area contributed by atoms with Crippen molar-refractivity contribution in [3.8, 4) is 5.75 Å². The number of pyridine rings is 1. The third-order valence-electron chi connectivity index (χ3n) is 5.00. The van der Waals surface area contributed by atoms with Gasteiger partial charge >= 0.3 is 0 Å². The molecule has 0 atom stereocenters. The molecule has 2 aromatic rings. The number of nitrogens with zero attached hydrogens (tertiary/aromatic N) is 2. The van der Waals surface area contributed by atoms with Gasteiger partial charge in [-0.05, 0) is 12.8 Å². The highest BCUT2D eigenvalue weighted by Crippen LogP contribution is 2.49. The van der Waals surface area contributed by atoms with Gasteiger partial charge in [0.15, 0.2) is 18.9 Å². The van der Waals surface area contributed by atoms with Crippen molar-refractivity contribution in [3.63, 3.8) is 0 Å². The van der Waals surface area contributed by atoms with Crippen molar-refractivity contribution < 1.29 is 19.2 Å². The molecule has 0 bridgehead atoms. The van der Waals surface area contributed by atoms with Crippen molar-refractivity contribution in [2.75, 3.05) is 13.1 Å². The van der Waals surface area contributed by atoms with Gasteiger partial charge in [0.25, 0.3) is 0 Å². The van der Waals surface area contributed by atoms with E-state index in [1.165, 1.54) is 10.5 Å². The lowest BCUT2D eigenvalue weighted by atomic mass is 9.62. The fourth-order valence-corrected chi connectivity index (χ4v) is 3.75. The summed E-state index contributed by atoms with van der Waals surface area (Å²) in [5.74, 6) is 0.871. The SMILES string of the molecule is O=C([O-])N1CC2(CC(Oc3cc[n+](Cc4ccccc4)cc3)C2)C1. The molecule has 4 rings (SSSR count). The van der Waals surface area contributed by atoms with Gasteiger partial charge in [-0.25, -0.2) is 4.57 Å². The van der Waals surface area contributed by atoms with E-state index >= 15 is 0 Å². The second-order valence-electron chi connectivity index (χ2n) is 6.96. The molecule has 0 N–H and O–H groups in total. The topological polar surface area (TPSA) is 56.5 Å². The normalized spacial score (nSPS) is 18.8. The minimum atomic E-state index is -1.06. The molecule has 5 nitrogen and oxygen atoms in total. The van der Waals surface area contributed by atoms with E-state index in [9.17, 15) is 9.90 Å². The quantitative estimate of drug-likeness (QED) is 0.795. The Kier molecular flexibility index (Phi) is 3.63. The van der Waals surface area contributed by atoms with Gasteiger partial charge in [0, 0.05) is 36.2 Å². The first-order valence-electron chi connectivity index (χ1n) is 8.28. The predicted molar refractivity (Wildman–Crippen MR) is 85.2 cm³/mol. The fourth-order valence-electron chi connectivity index (χ4n) is 3.75.